The molecule has 146 valence electrons. The number of fused-ring (bicyclic) bond motifs is 1. The molecule has 1 fully saturated rings. The van der Waals surface area contributed by atoms with Crippen LogP contribution in [0.15, 0.2) is 24.4 Å². The topological polar surface area (TPSA) is 91.2 Å². The zero-order chi connectivity index (χ0) is 19.9. The number of rotatable bonds is 3. The molecule has 3 heterocycles. The van der Waals surface area contributed by atoms with Crippen molar-refractivity contribution >= 4 is 57.9 Å². The summed E-state index contributed by atoms with van der Waals surface area (Å²) in [6, 6.07) is 5.46. The normalized spacial score (nSPS) is 16.3. The van der Waals surface area contributed by atoms with Gasteiger partial charge in [-0.15, -0.1) is 0 Å². The minimum absolute atomic E-state index is 0.434. The van der Waals surface area contributed by atoms with Crippen molar-refractivity contribution in [2.75, 3.05) is 18.0 Å². The van der Waals surface area contributed by atoms with Crippen molar-refractivity contribution in [3.8, 4) is 11.1 Å². The first-order chi connectivity index (χ1) is 13.4. The SMILES string of the molecule is CC1(NC(=O)O)CCN(c2ncc(-c3cccc(Cl)c3Cl)c3nsnc23)CC1. The molecular weight excluding hydrogens is 421 g/mol. The first kappa shape index (κ1) is 19.2. The molecule has 10 heteroatoms. The predicted molar refractivity (Wildman–Crippen MR) is 112 cm³/mol. The minimum atomic E-state index is -0.997. The lowest BCUT2D eigenvalue weighted by Crippen LogP contribution is -2.53. The van der Waals surface area contributed by atoms with Crippen molar-refractivity contribution in [1.82, 2.24) is 19.0 Å². The van der Waals surface area contributed by atoms with E-state index in [1.807, 2.05) is 19.1 Å². The lowest BCUT2D eigenvalue weighted by molar-refractivity contribution is 0.173. The van der Waals surface area contributed by atoms with Gasteiger partial charge in [-0.25, -0.2) is 9.78 Å². The van der Waals surface area contributed by atoms with E-state index in [9.17, 15) is 4.79 Å². The van der Waals surface area contributed by atoms with Gasteiger partial charge in [0.05, 0.1) is 21.8 Å². The van der Waals surface area contributed by atoms with Gasteiger partial charge in [-0.3, -0.25) is 0 Å². The van der Waals surface area contributed by atoms with E-state index in [0.29, 0.717) is 41.5 Å². The fourth-order valence-electron chi connectivity index (χ4n) is 3.50. The van der Waals surface area contributed by atoms with Gasteiger partial charge in [0.15, 0.2) is 5.82 Å². The van der Waals surface area contributed by atoms with Gasteiger partial charge in [0, 0.05) is 36.0 Å². The van der Waals surface area contributed by atoms with Crippen LogP contribution in [0.4, 0.5) is 10.6 Å². The van der Waals surface area contributed by atoms with Crippen molar-refractivity contribution in [2.45, 2.75) is 25.3 Å². The van der Waals surface area contributed by atoms with Crippen LogP contribution in [0.1, 0.15) is 19.8 Å². The Labute approximate surface area is 175 Å². The number of pyridine rings is 1. The monoisotopic (exact) mass is 437 g/mol. The second kappa shape index (κ2) is 7.35. The molecule has 1 aliphatic heterocycles. The van der Waals surface area contributed by atoms with Crippen molar-refractivity contribution in [1.29, 1.82) is 0 Å². The zero-order valence-electron chi connectivity index (χ0n) is 14.9. The Hall–Kier alpha value is -2.16. The molecule has 7 nitrogen and oxygen atoms in total. The summed E-state index contributed by atoms with van der Waals surface area (Å²) < 4.78 is 8.92. The fraction of sp³-hybridized carbons (Fsp3) is 0.333. The lowest BCUT2D eigenvalue weighted by Gasteiger charge is -2.39. The van der Waals surface area contributed by atoms with E-state index in [1.54, 1.807) is 12.3 Å². The van der Waals surface area contributed by atoms with Crippen LogP contribution in [0.2, 0.25) is 10.0 Å². The van der Waals surface area contributed by atoms with E-state index in [1.165, 1.54) is 0 Å². The largest absolute Gasteiger partial charge is 0.465 e. The Balaban J connectivity index is 1.67. The molecule has 1 aliphatic rings. The molecule has 4 rings (SSSR count). The molecular formula is C18H17Cl2N5O2S. The molecule has 0 saturated carbocycles. The van der Waals surface area contributed by atoms with Gasteiger partial charge < -0.3 is 15.3 Å². The van der Waals surface area contributed by atoms with Crippen molar-refractivity contribution in [2.24, 2.45) is 0 Å². The van der Waals surface area contributed by atoms with Crippen LogP contribution >= 0.6 is 34.9 Å². The molecule has 1 amide bonds. The number of carbonyl (C=O) groups is 1. The third kappa shape index (κ3) is 3.47. The third-order valence-electron chi connectivity index (χ3n) is 5.09. The highest BCUT2D eigenvalue weighted by Gasteiger charge is 2.33. The van der Waals surface area contributed by atoms with Crippen LogP contribution in [-0.2, 0) is 0 Å². The Morgan fingerprint density at radius 2 is 1.93 bits per heavy atom. The fourth-order valence-corrected chi connectivity index (χ4v) is 4.45. The average Bonchev–Trinajstić information content (AvgIpc) is 3.13. The number of halogens is 2. The Kier molecular flexibility index (Phi) is 5.03. The van der Waals surface area contributed by atoms with E-state index < -0.39 is 11.6 Å². The summed E-state index contributed by atoms with van der Waals surface area (Å²) in [5.41, 5.74) is 2.57. The second-order valence-corrected chi connectivity index (χ2v) is 8.35. The molecule has 3 aromatic rings. The summed E-state index contributed by atoms with van der Waals surface area (Å²) in [6.45, 7) is 3.28. The van der Waals surface area contributed by atoms with Crippen LogP contribution in [0.5, 0.6) is 0 Å². The average molecular weight is 438 g/mol. The number of benzene rings is 1. The second-order valence-electron chi connectivity index (χ2n) is 7.04. The lowest BCUT2D eigenvalue weighted by atomic mass is 9.89. The van der Waals surface area contributed by atoms with Crippen LogP contribution in [0, 0.1) is 0 Å². The number of nitrogens with zero attached hydrogens (tertiary/aromatic N) is 4. The summed E-state index contributed by atoms with van der Waals surface area (Å²) in [6.07, 6.45) is 2.12. The molecule has 1 saturated heterocycles. The number of carboxylic acid groups (broad SMARTS) is 1. The maximum absolute atomic E-state index is 11.0. The van der Waals surface area contributed by atoms with Crippen LogP contribution in [0.25, 0.3) is 22.2 Å². The molecule has 0 spiro atoms. The molecule has 0 radical (unpaired) electrons. The summed E-state index contributed by atoms with van der Waals surface area (Å²) in [5, 5.41) is 12.6. The number of hydrogen-bond acceptors (Lipinski definition) is 6. The van der Waals surface area contributed by atoms with Gasteiger partial charge in [-0.2, -0.15) is 8.75 Å². The number of amides is 1. The minimum Gasteiger partial charge on any atom is -0.465 e. The quantitative estimate of drug-likeness (QED) is 0.617. The summed E-state index contributed by atoms with van der Waals surface area (Å²) in [4.78, 5) is 17.8. The van der Waals surface area contributed by atoms with Gasteiger partial charge >= 0.3 is 6.09 Å². The summed E-state index contributed by atoms with van der Waals surface area (Å²) in [7, 11) is 0. The maximum atomic E-state index is 11.0. The molecule has 0 atom stereocenters. The number of nitrogens with one attached hydrogen (secondary N) is 1. The molecule has 28 heavy (non-hydrogen) atoms. The predicted octanol–water partition coefficient (Wildman–Crippen LogP) is 4.69. The molecule has 0 bridgehead atoms. The van der Waals surface area contributed by atoms with Crippen molar-refractivity contribution in [3.63, 3.8) is 0 Å². The first-order valence-electron chi connectivity index (χ1n) is 8.70. The highest BCUT2D eigenvalue weighted by Crippen LogP contribution is 2.38. The zero-order valence-corrected chi connectivity index (χ0v) is 17.3. The summed E-state index contributed by atoms with van der Waals surface area (Å²) in [5.74, 6) is 0.753. The number of piperidine rings is 1. The van der Waals surface area contributed by atoms with E-state index in [-0.39, 0.29) is 0 Å². The third-order valence-corrected chi connectivity index (χ3v) is 6.44. The number of hydrogen-bond donors (Lipinski definition) is 2. The van der Waals surface area contributed by atoms with E-state index in [0.717, 1.165) is 34.2 Å². The smallest absolute Gasteiger partial charge is 0.405 e. The standard InChI is InChI=1S/C18H17Cl2N5O2S/c1-18(22-17(26)27)5-7-25(8-6-18)16-15-14(23-28-24-15)11(9-21-16)10-3-2-4-12(19)13(10)20/h2-4,9,22H,5-8H2,1H3,(H,26,27). The molecule has 2 aromatic heterocycles. The summed E-state index contributed by atoms with van der Waals surface area (Å²) >= 11 is 13.7. The van der Waals surface area contributed by atoms with Gasteiger partial charge in [-0.1, -0.05) is 35.3 Å². The van der Waals surface area contributed by atoms with Crippen LogP contribution in [-0.4, -0.2) is 43.6 Å². The Morgan fingerprint density at radius 1 is 1.21 bits per heavy atom. The van der Waals surface area contributed by atoms with Gasteiger partial charge in [0.2, 0.25) is 0 Å². The maximum Gasteiger partial charge on any atom is 0.405 e. The van der Waals surface area contributed by atoms with Crippen LogP contribution in [0.3, 0.4) is 0 Å². The van der Waals surface area contributed by atoms with Gasteiger partial charge in [0.25, 0.3) is 0 Å². The van der Waals surface area contributed by atoms with E-state index in [4.69, 9.17) is 28.3 Å². The number of aromatic nitrogens is 3. The molecule has 0 aliphatic carbocycles. The first-order valence-corrected chi connectivity index (χ1v) is 10.2. The van der Waals surface area contributed by atoms with Crippen molar-refractivity contribution in [3.05, 3.63) is 34.4 Å². The van der Waals surface area contributed by atoms with Gasteiger partial charge in [0.1, 0.15) is 11.0 Å². The van der Waals surface area contributed by atoms with E-state index >= 15 is 0 Å². The number of anilines is 1. The van der Waals surface area contributed by atoms with Crippen LogP contribution < -0.4 is 10.2 Å². The Bertz CT molecular complexity index is 1050. The van der Waals surface area contributed by atoms with E-state index in [2.05, 4.69) is 23.9 Å². The molecule has 2 N–H and O–H groups in total. The highest BCUT2D eigenvalue weighted by molar-refractivity contribution is 7.00. The van der Waals surface area contributed by atoms with Crippen molar-refractivity contribution < 1.29 is 9.90 Å². The highest BCUT2D eigenvalue weighted by atomic mass is 35.5. The Morgan fingerprint density at radius 3 is 2.64 bits per heavy atom. The van der Waals surface area contributed by atoms with Gasteiger partial charge in [-0.05, 0) is 25.8 Å². The molecule has 1 aromatic carbocycles. The molecule has 0 unspecified atom stereocenters.